The highest BCUT2D eigenvalue weighted by Crippen LogP contribution is 2.37. The minimum Gasteiger partial charge on any atom is -0.451 e. The Bertz CT molecular complexity index is 1120. The second kappa shape index (κ2) is 7.68. The van der Waals surface area contributed by atoms with E-state index < -0.39 is 17.9 Å². The summed E-state index contributed by atoms with van der Waals surface area (Å²) in [5.74, 6) is -1.27. The van der Waals surface area contributed by atoms with Crippen molar-refractivity contribution in [2.75, 3.05) is 16.8 Å². The molecule has 0 aliphatic carbocycles. The zero-order valence-electron chi connectivity index (χ0n) is 18.0. The number of aryl methyl sites for hydroxylation is 1. The normalized spacial score (nSPS) is 18.1. The summed E-state index contributed by atoms with van der Waals surface area (Å²) < 4.78 is 5.40. The summed E-state index contributed by atoms with van der Waals surface area (Å²) >= 11 is 0. The minimum atomic E-state index is -1.04. The molecule has 2 aliphatic rings. The number of anilines is 2. The molecule has 1 aromatic carbocycles. The van der Waals surface area contributed by atoms with Crippen LogP contribution in [-0.2, 0) is 9.53 Å². The highest BCUT2D eigenvalue weighted by Gasteiger charge is 2.36. The second-order valence-electron chi connectivity index (χ2n) is 8.17. The average Bonchev–Trinajstić information content (AvgIpc) is 3.32. The lowest BCUT2D eigenvalue weighted by atomic mass is 10.0. The van der Waals surface area contributed by atoms with Gasteiger partial charge < -0.3 is 19.9 Å². The first-order valence-corrected chi connectivity index (χ1v) is 10.4. The highest BCUT2D eigenvalue weighted by molar-refractivity contribution is 6.07. The third-order valence-corrected chi connectivity index (χ3v) is 6.04. The van der Waals surface area contributed by atoms with Crippen molar-refractivity contribution in [3.05, 3.63) is 46.3 Å². The van der Waals surface area contributed by atoms with Crippen LogP contribution in [0.5, 0.6) is 0 Å². The van der Waals surface area contributed by atoms with Gasteiger partial charge in [-0.3, -0.25) is 14.4 Å². The van der Waals surface area contributed by atoms with E-state index in [1.54, 1.807) is 32.0 Å². The van der Waals surface area contributed by atoms with Gasteiger partial charge in [-0.1, -0.05) is 0 Å². The zero-order chi connectivity index (χ0) is 22.4. The number of Topliss-reactive ketones (excluding diaryl/α,β-unsaturated/α-hetero) is 2. The van der Waals surface area contributed by atoms with Gasteiger partial charge in [-0.25, -0.2) is 4.79 Å². The minimum absolute atomic E-state index is 0.0714. The largest absolute Gasteiger partial charge is 0.451 e. The molecular weight excluding hydrogens is 398 g/mol. The number of rotatable bonds is 5. The van der Waals surface area contributed by atoms with Gasteiger partial charge in [0.1, 0.15) is 6.04 Å². The Morgan fingerprint density at radius 1 is 1.23 bits per heavy atom. The van der Waals surface area contributed by atoms with Crippen LogP contribution in [0, 0.1) is 13.8 Å². The molecule has 162 valence electrons. The molecular formula is C23H25N3O5. The van der Waals surface area contributed by atoms with E-state index in [1.165, 1.54) is 13.8 Å². The molecule has 4 rings (SSSR count). The molecule has 8 heteroatoms. The predicted octanol–water partition coefficient (Wildman–Crippen LogP) is 3.18. The standard InChI is InChI=1S/C23H25N3O5/c1-11-19(13(3)27)12(2)24-20(11)21(28)14(4)31-23(30)15-7-8-17-16(10-15)25-22(29)18-6-5-9-26(17)18/h7-8,10,14,18,24H,5-6,9H2,1-4H3,(H,25,29)/t14-,18+/m0/s1. The van der Waals surface area contributed by atoms with Crippen molar-refractivity contribution in [2.45, 2.75) is 52.7 Å². The summed E-state index contributed by atoms with van der Waals surface area (Å²) in [6.45, 7) is 7.17. The van der Waals surface area contributed by atoms with Gasteiger partial charge in [-0.05, 0) is 64.3 Å². The van der Waals surface area contributed by atoms with Crippen molar-refractivity contribution < 1.29 is 23.9 Å². The first-order chi connectivity index (χ1) is 14.7. The number of esters is 1. The SMILES string of the molecule is CC(=O)c1c(C)[nH]c(C(=O)[C@H](C)OC(=O)c2ccc3c(c2)NC(=O)[C@H]2CCCN32)c1C. The molecule has 0 radical (unpaired) electrons. The maximum Gasteiger partial charge on any atom is 0.338 e. The Hall–Kier alpha value is -3.42. The maximum atomic E-state index is 12.8. The third-order valence-electron chi connectivity index (χ3n) is 6.04. The lowest BCUT2D eigenvalue weighted by Gasteiger charge is -2.33. The number of carbonyl (C=O) groups is 4. The van der Waals surface area contributed by atoms with Crippen LogP contribution in [0.25, 0.3) is 0 Å². The second-order valence-corrected chi connectivity index (χ2v) is 8.17. The van der Waals surface area contributed by atoms with Gasteiger partial charge in [0.2, 0.25) is 11.7 Å². The molecule has 2 N–H and O–H groups in total. The average molecular weight is 423 g/mol. The number of carbonyl (C=O) groups excluding carboxylic acids is 4. The topological polar surface area (TPSA) is 109 Å². The number of hydrogen-bond donors (Lipinski definition) is 2. The number of ketones is 2. The smallest absolute Gasteiger partial charge is 0.338 e. The molecule has 2 aliphatic heterocycles. The maximum absolute atomic E-state index is 12.8. The van der Waals surface area contributed by atoms with E-state index in [9.17, 15) is 19.2 Å². The fourth-order valence-corrected chi connectivity index (χ4v) is 4.57. The Morgan fingerprint density at radius 3 is 2.65 bits per heavy atom. The van der Waals surface area contributed by atoms with Crippen LogP contribution >= 0.6 is 0 Å². The molecule has 0 saturated carbocycles. The van der Waals surface area contributed by atoms with Gasteiger partial charge in [0.25, 0.3) is 0 Å². The fourth-order valence-electron chi connectivity index (χ4n) is 4.57. The molecule has 1 saturated heterocycles. The Kier molecular flexibility index (Phi) is 5.16. The molecule has 8 nitrogen and oxygen atoms in total. The molecule has 2 aromatic rings. The molecule has 0 unspecified atom stereocenters. The highest BCUT2D eigenvalue weighted by atomic mass is 16.5. The summed E-state index contributed by atoms with van der Waals surface area (Å²) in [7, 11) is 0. The van der Waals surface area contributed by atoms with Crippen LogP contribution in [0.3, 0.4) is 0 Å². The summed E-state index contributed by atoms with van der Waals surface area (Å²) in [5, 5.41) is 2.86. The Labute approximate surface area is 179 Å². The fraction of sp³-hybridized carbons (Fsp3) is 0.391. The predicted molar refractivity (Wildman–Crippen MR) is 115 cm³/mol. The molecule has 31 heavy (non-hydrogen) atoms. The number of nitrogens with zero attached hydrogens (tertiary/aromatic N) is 1. The molecule has 3 heterocycles. The Morgan fingerprint density at radius 2 is 1.97 bits per heavy atom. The number of fused-ring (bicyclic) bond motifs is 3. The number of nitrogens with one attached hydrogen (secondary N) is 2. The summed E-state index contributed by atoms with van der Waals surface area (Å²) in [6.07, 6.45) is 0.722. The van der Waals surface area contributed by atoms with Gasteiger partial charge in [0, 0.05) is 17.8 Å². The molecule has 1 fully saturated rings. The van der Waals surface area contributed by atoms with Crippen LogP contribution in [0.1, 0.15) is 69.2 Å². The number of aromatic nitrogens is 1. The molecule has 0 spiro atoms. The zero-order valence-corrected chi connectivity index (χ0v) is 18.0. The number of H-pyrrole nitrogens is 1. The van der Waals surface area contributed by atoms with Crippen LogP contribution in [-0.4, -0.2) is 47.1 Å². The summed E-state index contributed by atoms with van der Waals surface area (Å²) in [4.78, 5) is 54.6. The number of amides is 1. The van der Waals surface area contributed by atoms with Crippen LogP contribution in [0.4, 0.5) is 11.4 Å². The Balaban J connectivity index is 1.52. The molecule has 0 bridgehead atoms. The van der Waals surface area contributed by atoms with Gasteiger partial charge >= 0.3 is 5.97 Å². The lowest BCUT2D eigenvalue weighted by molar-refractivity contribution is -0.117. The monoisotopic (exact) mass is 423 g/mol. The van der Waals surface area contributed by atoms with Gasteiger partial charge in [-0.2, -0.15) is 0 Å². The lowest BCUT2D eigenvalue weighted by Crippen LogP contribution is -2.43. The van der Waals surface area contributed by atoms with E-state index in [0.717, 1.165) is 25.1 Å². The first-order valence-electron chi connectivity index (χ1n) is 10.4. The van der Waals surface area contributed by atoms with E-state index in [4.69, 9.17) is 4.74 Å². The molecule has 1 amide bonds. The van der Waals surface area contributed by atoms with Crippen LogP contribution in [0.15, 0.2) is 18.2 Å². The van der Waals surface area contributed by atoms with Crippen molar-refractivity contribution in [1.29, 1.82) is 0 Å². The number of aromatic amines is 1. The van der Waals surface area contributed by atoms with Gasteiger partial charge in [0.15, 0.2) is 11.9 Å². The first kappa shape index (κ1) is 20.8. The van der Waals surface area contributed by atoms with E-state index in [-0.39, 0.29) is 29.0 Å². The van der Waals surface area contributed by atoms with Crippen molar-refractivity contribution in [3.63, 3.8) is 0 Å². The summed E-state index contributed by atoms with van der Waals surface area (Å²) in [6, 6.07) is 4.87. The van der Waals surface area contributed by atoms with E-state index >= 15 is 0 Å². The van der Waals surface area contributed by atoms with E-state index in [2.05, 4.69) is 15.2 Å². The van der Waals surface area contributed by atoms with Crippen molar-refractivity contribution in [3.8, 4) is 0 Å². The van der Waals surface area contributed by atoms with Crippen molar-refractivity contribution in [2.24, 2.45) is 0 Å². The number of benzene rings is 1. The van der Waals surface area contributed by atoms with Crippen LogP contribution < -0.4 is 10.2 Å². The van der Waals surface area contributed by atoms with Gasteiger partial charge in [-0.15, -0.1) is 0 Å². The quantitative estimate of drug-likeness (QED) is 0.565. The molecule has 1 aromatic heterocycles. The van der Waals surface area contributed by atoms with Crippen molar-refractivity contribution in [1.82, 2.24) is 4.98 Å². The molecule has 2 atom stereocenters. The summed E-state index contributed by atoms with van der Waals surface area (Å²) in [5.41, 5.74) is 3.61. The number of hydrogen-bond acceptors (Lipinski definition) is 6. The van der Waals surface area contributed by atoms with Crippen LogP contribution in [0.2, 0.25) is 0 Å². The van der Waals surface area contributed by atoms with E-state index in [0.29, 0.717) is 22.5 Å². The van der Waals surface area contributed by atoms with Gasteiger partial charge in [0.05, 0.1) is 22.6 Å². The van der Waals surface area contributed by atoms with Crippen molar-refractivity contribution >= 4 is 34.8 Å². The number of ether oxygens (including phenoxy) is 1. The van der Waals surface area contributed by atoms with E-state index in [1.807, 2.05) is 0 Å². The third kappa shape index (κ3) is 3.52.